The van der Waals surface area contributed by atoms with Gasteiger partial charge in [0.25, 0.3) is 12.3 Å². The van der Waals surface area contributed by atoms with E-state index in [1.54, 1.807) is 17.5 Å². The smallest absolute Gasteiger partial charge is 0.261 e. The van der Waals surface area contributed by atoms with Crippen molar-refractivity contribution in [2.24, 2.45) is 0 Å². The van der Waals surface area contributed by atoms with Crippen molar-refractivity contribution in [3.8, 4) is 0 Å². The van der Waals surface area contributed by atoms with E-state index in [1.165, 1.54) is 11.3 Å². The van der Waals surface area contributed by atoms with Crippen molar-refractivity contribution in [2.75, 3.05) is 26.2 Å². The molecular weight excluding hydrogens is 290 g/mol. The first-order chi connectivity index (χ1) is 9.54. The van der Waals surface area contributed by atoms with Crippen LogP contribution < -0.4 is 5.32 Å². The van der Waals surface area contributed by atoms with Gasteiger partial charge in [0.05, 0.1) is 18.0 Å². The van der Waals surface area contributed by atoms with Crippen molar-refractivity contribution < 1.29 is 23.5 Å². The Bertz CT molecular complexity index is 426. The number of thiophene rings is 1. The quantitative estimate of drug-likeness (QED) is 0.751. The molecule has 0 aliphatic rings. The highest BCUT2D eigenvalue weighted by molar-refractivity contribution is 7.12. The lowest BCUT2D eigenvalue weighted by Crippen LogP contribution is -2.39. The molecule has 20 heavy (non-hydrogen) atoms. The number of alkyl halides is 2. The Morgan fingerprint density at radius 3 is 2.75 bits per heavy atom. The molecule has 0 radical (unpaired) electrons. The van der Waals surface area contributed by atoms with Gasteiger partial charge in [0.1, 0.15) is 0 Å². The standard InChI is InChI=1S/C12H16F2N2O3S/c13-10(14)8-16(5-6-17)11(18)3-4-15-12(19)9-2-1-7-20-9/h1-2,7,10,17H,3-6,8H2,(H,15,19). The number of aliphatic hydroxyl groups excluding tert-OH is 1. The molecule has 0 spiro atoms. The highest BCUT2D eigenvalue weighted by atomic mass is 32.1. The number of rotatable bonds is 8. The summed E-state index contributed by atoms with van der Waals surface area (Å²) in [6.45, 7) is -1.15. The summed E-state index contributed by atoms with van der Waals surface area (Å²) >= 11 is 1.27. The molecule has 2 N–H and O–H groups in total. The number of nitrogens with one attached hydrogen (secondary N) is 1. The van der Waals surface area contributed by atoms with Crippen molar-refractivity contribution >= 4 is 23.2 Å². The van der Waals surface area contributed by atoms with Crippen LogP contribution in [-0.4, -0.2) is 54.5 Å². The third-order valence-electron chi connectivity index (χ3n) is 2.45. The summed E-state index contributed by atoms with van der Waals surface area (Å²) in [6.07, 6.45) is -2.73. The Kier molecular flexibility index (Phi) is 7.10. The van der Waals surface area contributed by atoms with Crippen LogP contribution in [0.1, 0.15) is 16.1 Å². The van der Waals surface area contributed by atoms with Gasteiger partial charge in [0.15, 0.2) is 0 Å². The van der Waals surface area contributed by atoms with Crippen molar-refractivity contribution in [2.45, 2.75) is 12.8 Å². The number of carbonyl (C=O) groups is 2. The molecule has 5 nitrogen and oxygen atoms in total. The van der Waals surface area contributed by atoms with E-state index in [1.807, 2.05) is 0 Å². The molecule has 0 aromatic carbocycles. The lowest BCUT2D eigenvalue weighted by molar-refractivity contribution is -0.133. The van der Waals surface area contributed by atoms with E-state index in [9.17, 15) is 18.4 Å². The van der Waals surface area contributed by atoms with Gasteiger partial charge in [-0.2, -0.15) is 0 Å². The molecule has 1 rings (SSSR count). The van der Waals surface area contributed by atoms with Crippen LogP contribution in [0.2, 0.25) is 0 Å². The second-order valence-electron chi connectivity index (χ2n) is 3.94. The number of nitrogens with zero attached hydrogens (tertiary/aromatic N) is 1. The normalized spacial score (nSPS) is 10.6. The number of amides is 2. The molecule has 1 aromatic heterocycles. The molecule has 0 unspecified atom stereocenters. The van der Waals surface area contributed by atoms with Crippen LogP contribution in [0.4, 0.5) is 8.78 Å². The molecule has 2 amide bonds. The van der Waals surface area contributed by atoms with Gasteiger partial charge < -0.3 is 15.3 Å². The van der Waals surface area contributed by atoms with Crippen molar-refractivity contribution in [3.05, 3.63) is 22.4 Å². The van der Waals surface area contributed by atoms with E-state index in [0.29, 0.717) is 4.88 Å². The fourth-order valence-electron chi connectivity index (χ4n) is 1.54. The monoisotopic (exact) mass is 306 g/mol. The number of hydrogen-bond donors (Lipinski definition) is 2. The zero-order valence-corrected chi connectivity index (χ0v) is 11.5. The average molecular weight is 306 g/mol. The lowest BCUT2D eigenvalue weighted by Gasteiger charge is -2.21. The lowest BCUT2D eigenvalue weighted by atomic mass is 10.3. The average Bonchev–Trinajstić information content (AvgIpc) is 2.91. The van der Waals surface area contributed by atoms with Crippen molar-refractivity contribution in [1.29, 1.82) is 0 Å². The van der Waals surface area contributed by atoms with Gasteiger partial charge in [-0.3, -0.25) is 9.59 Å². The molecule has 0 saturated carbocycles. The summed E-state index contributed by atoms with van der Waals surface area (Å²) < 4.78 is 24.5. The predicted octanol–water partition coefficient (Wildman–Crippen LogP) is 0.954. The zero-order valence-electron chi connectivity index (χ0n) is 10.7. The summed E-state index contributed by atoms with van der Waals surface area (Å²) in [4.78, 5) is 24.7. The summed E-state index contributed by atoms with van der Waals surface area (Å²) in [5.74, 6) is -0.818. The van der Waals surface area contributed by atoms with Gasteiger partial charge in [0, 0.05) is 19.5 Å². The minimum Gasteiger partial charge on any atom is -0.395 e. The van der Waals surface area contributed by atoms with Crippen molar-refractivity contribution in [3.63, 3.8) is 0 Å². The fraction of sp³-hybridized carbons (Fsp3) is 0.500. The molecular formula is C12H16F2N2O3S. The Labute approximate surface area is 119 Å². The molecule has 0 atom stereocenters. The first kappa shape index (κ1) is 16.5. The van der Waals surface area contributed by atoms with Crippen LogP contribution in [0.25, 0.3) is 0 Å². The fourth-order valence-corrected chi connectivity index (χ4v) is 2.18. The van der Waals surface area contributed by atoms with Crippen LogP contribution in [0, 0.1) is 0 Å². The van der Waals surface area contributed by atoms with Crippen molar-refractivity contribution in [1.82, 2.24) is 10.2 Å². The van der Waals surface area contributed by atoms with Gasteiger partial charge in [0.2, 0.25) is 5.91 Å². The van der Waals surface area contributed by atoms with E-state index in [0.717, 1.165) is 4.90 Å². The summed E-state index contributed by atoms with van der Waals surface area (Å²) in [5.41, 5.74) is 0. The molecule has 8 heteroatoms. The predicted molar refractivity (Wildman–Crippen MR) is 70.9 cm³/mol. The molecule has 1 heterocycles. The topological polar surface area (TPSA) is 69.6 Å². The first-order valence-electron chi connectivity index (χ1n) is 6.03. The Hall–Kier alpha value is -1.54. The molecule has 0 aliphatic heterocycles. The van der Waals surface area contributed by atoms with Gasteiger partial charge in [-0.15, -0.1) is 11.3 Å². The molecule has 112 valence electrons. The maximum Gasteiger partial charge on any atom is 0.261 e. The number of aliphatic hydroxyl groups is 1. The minimum absolute atomic E-state index is 0.0702. The van der Waals surface area contributed by atoms with E-state index < -0.39 is 18.9 Å². The minimum atomic E-state index is -2.65. The van der Waals surface area contributed by atoms with Crippen LogP contribution >= 0.6 is 11.3 Å². The molecule has 0 bridgehead atoms. The highest BCUT2D eigenvalue weighted by Gasteiger charge is 2.17. The zero-order chi connectivity index (χ0) is 15.0. The van der Waals surface area contributed by atoms with Gasteiger partial charge >= 0.3 is 0 Å². The van der Waals surface area contributed by atoms with Crippen LogP contribution in [0.3, 0.4) is 0 Å². The van der Waals surface area contributed by atoms with E-state index in [2.05, 4.69) is 5.32 Å². The Morgan fingerprint density at radius 1 is 1.45 bits per heavy atom. The van der Waals surface area contributed by atoms with Crippen LogP contribution in [0.5, 0.6) is 0 Å². The first-order valence-corrected chi connectivity index (χ1v) is 6.91. The highest BCUT2D eigenvalue weighted by Crippen LogP contribution is 2.07. The second kappa shape index (κ2) is 8.60. The van der Waals surface area contributed by atoms with E-state index in [-0.39, 0.29) is 32.0 Å². The summed E-state index contributed by atoms with van der Waals surface area (Å²) in [6, 6.07) is 3.38. The third kappa shape index (κ3) is 5.62. The largest absolute Gasteiger partial charge is 0.395 e. The van der Waals surface area contributed by atoms with Gasteiger partial charge in [-0.05, 0) is 11.4 Å². The third-order valence-corrected chi connectivity index (χ3v) is 3.32. The second-order valence-corrected chi connectivity index (χ2v) is 4.89. The number of halogens is 2. The van der Waals surface area contributed by atoms with E-state index in [4.69, 9.17) is 5.11 Å². The number of hydrogen-bond acceptors (Lipinski definition) is 4. The number of carbonyl (C=O) groups excluding carboxylic acids is 2. The van der Waals surface area contributed by atoms with Crippen LogP contribution in [-0.2, 0) is 4.79 Å². The van der Waals surface area contributed by atoms with Crippen LogP contribution in [0.15, 0.2) is 17.5 Å². The molecule has 0 saturated heterocycles. The Balaban J connectivity index is 2.35. The molecule has 0 fully saturated rings. The van der Waals surface area contributed by atoms with Gasteiger partial charge in [-0.1, -0.05) is 6.07 Å². The van der Waals surface area contributed by atoms with E-state index >= 15 is 0 Å². The summed E-state index contributed by atoms with van der Waals surface area (Å²) in [7, 11) is 0. The SMILES string of the molecule is O=C(NCCC(=O)N(CCO)CC(F)F)c1cccs1. The molecule has 0 aliphatic carbocycles. The summed E-state index contributed by atoms with van der Waals surface area (Å²) in [5, 5.41) is 13.0. The molecule has 1 aromatic rings. The Morgan fingerprint density at radius 2 is 2.20 bits per heavy atom. The maximum absolute atomic E-state index is 12.3. The van der Waals surface area contributed by atoms with Gasteiger partial charge in [-0.25, -0.2) is 8.78 Å². The maximum atomic E-state index is 12.3.